The lowest BCUT2D eigenvalue weighted by Gasteiger charge is -2.37. The Bertz CT molecular complexity index is 623. The highest BCUT2D eigenvalue weighted by Crippen LogP contribution is 2.21. The summed E-state index contributed by atoms with van der Waals surface area (Å²) in [5.41, 5.74) is 7.07. The quantitative estimate of drug-likeness (QED) is 0.906. The molecule has 3 rings (SSSR count). The summed E-state index contributed by atoms with van der Waals surface area (Å²) in [6, 6.07) is 7.47. The predicted molar refractivity (Wildman–Crippen MR) is 81.4 cm³/mol. The van der Waals surface area contributed by atoms with Crippen molar-refractivity contribution >= 4 is 17.4 Å². The number of hydrogen-bond donors (Lipinski definition) is 1. The van der Waals surface area contributed by atoms with E-state index in [9.17, 15) is 4.79 Å². The van der Waals surface area contributed by atoms with E-state index >= 15 is 0 Å². The second-order valence-corrected chi connectivity index (χ2v) is 4.92. The number of rotatable bonds is 3. The van der Waals surface area contributed by atoms with E-state index in [1.54, 1.807) is 30.7 Å². The van der Waals surface area contributed by atoms with Crippen molar-refractivity contribution in [3.8, 4) is 0 Å². The molecular formula is C15H17N5O. The molecule has 0 spiro atoms. The molecule has 2 aromatic rings. The standard InChI is InChI=1S/C15H17N5O/c16-14(21)13-2-1-5-18-15(13)20-10-8-19(9-11-20)12-3-6-17-7-4-12/h1-7H,8-11H2,(H2,16,21). The normalized spacial score (nSPS) is 15.0. The van der Waals surface area contributed by atoms with Gasteiger partial charge in [0.1, 0.15) is 5.82 Å². The fourth-order valence-electron chi connectivity index (χ4n) is 2.57. The highest BCUT2D eigenvalue weighted by atomic mass is 16.1. The van der Waals surface area contributed by atoms with E-state index in [0.717, 1.165) is 26.2 Å². The molecular weight excluding hydrogens is 266 g/mol. The monoisotopic (exact) mass is 283 g/mol. The third-order valence-electron chi connectivity index (χ3n) is 3.66. The van der Waals surface area contributed by atoms with Gasteiger partial charge in [0, 0.05) is 50.5 Å². The Labute approximate surface area is 123 Å². The maximum Gasteiger partial charge on any atom is 0.252 e. The number of piperazine rings is 1. The number of aromatic nitrogens is 2. The molecule has 0 bridgehead atoms. The van der Waals surface area contributed by atoms with Gasteiger partial charge in [-0.3, -0.25) is 9.78 Å². The van der Waals surface area contributed by atoms with Gasteiger partial charge in [-0.25, -0.2) is 4.98 Å². The van der Waals surface area contributed by atoms with E-state index in [2.05, 4.69) is 19.8 Å². The Morgan fingerprint density at radius 1 is 1.00 bits per heavy atom. The Hall–Kier alpha value is -2.63. The first-order chi connectivity index (χ1) is 10.3. The van der Waals surface area contributed by atoms with Gasteiger partial charge in [0.05, 0.1) is 5.56 Å². The minimum atomic E-state index is -0.435. The number of primary amides is 1. The molecule has 2 N–H and O–H groups in total. The van der Waals surface area contributed by atoms with Crippen molar-refractivity contribution in [1.29, 1.82) is 0 Å². The SMILES string of the molecule is NC(=O)c1cccnc1N1CCN(c2ccncc2)CC1. The average Bonchev–Trinajstić information content (AvgIpc) is 2.56. The molecule has 1 amide bonds. The minimum absolute atomic E-state index is 0.435. The number of carbonyl (C=O) groups is 1. The fraction of sp³-hybridized carbons (Fsp3) is 0.267. The maximum atomic E-state index is 11.5. The number of anilines is 2. The molecule has 0 unspecified atom stereocenters. The second-order valence-electron chi connectivity index (χ2n) is 4.92. The van der Waals surface area contributed by atoms with E-state index in [4.69, 9.17) is 5.73 Å². The molecule has 0 atom stereocenters. The van der Waals surface area contributed by atoms with E-state index < -0.39 is 5.91 Å². The van der Waals surface area contributed by atoms with Crippen molar-refractivity contribution in [2.45, 2.75) is 0 Å². The molecule has 0 radical (unpaired) electrons. The van der Waals surface area contributed by atoms with Crippen molar-refractivity contribution in [3.63, 3.8) is 0 Å². The largest absolute Gasteiger partial charge is 0.368 e. The van der Waals surface area contributed by atoms with Crippen LogP contribution in [0.4, 0.5) is 11.5 Å². The molecule has 2 aromatic heterocycles. The molecule has 6 heteroatoms. The van der Waals surface area contributed by atoms with Gasteiger partial charge in [0.2, 0.25) is 0 Å². The minimum Gasteiger partial charge on any atom is -0.368 e. The first-order valence-corrected chi connectivity index (χ1v) is 6.90. The zero-order valence-electron chi connectivity index (χ0n) is 11.6. The van der Waals surface area contributed by atoms with Crippen molar-refractivity contribution in [2.75, 3.05) is 36.0 Å². The van der Waals surface area contributed by atoms with Crippen LogP contribution in [0.25, 0.3) is 0 Å². The first-order valence-electron chi connectivity index (χ1n) is 6.90. The molecule has 1 fully saturated rings. The molecule has 1 aliphatic heterocycles. The summed E-state index contributed by atoms with van der Waals surface area (Å²) in [5, 5.41) is 0. The topological polar surface area (TPSA) is 75.4 Å². The summed E-state index contributed by atoms with van der Waals surface area (Å²) >= 11 is 0. The number of amides is 1. The van der Waals surface area contributed by atoms with Gasteiger partial charge in [-0.2, -0.15) is 0 Å². The molecule has 21 heavy (non-hydrogen) atoms. The van der Waals surface area contributed by atoms with E-state index in [1.807, 2.05) is 12.1 Å². The first kappa shape index (κ1) is 13.4. The summed E-state index contributed by atoms with van der Waals surface area (Å²) in [5.74, 6) is 0.244. The summed E-state index contributed by atoms with van der Waals surface area (Å²) in [6.45, 7) is 3.36. The highest BCUT2D eigenvalue weighted by molar-refractivity contribution is 5.97. The number of pyridine rings is 2. The molecule has 0 aromatic carbocycles. The van der Waals surface area contributed by atoms with Crippen molar-refractivity contribution in [1.82, 2.24) is 9.97 Å². The molecule has 6 nitrogen and oxygen atoms in total. The lowest BCUT2D eigenvalue weighted by Crippen LogP contribution is -2.47. The summed E-state index contributed by atoms with van der Waals surface area (Å²) < 4.78 is 0. The van der Waals surface area contributed by atoms with Crippen LogP contribution in [-0.2, 0) is 0 Å². The van der Waals surface area contributed by atoms with Crippen LogP contribution in [0.1, 0.15) is 10.4 Å². The van der Waals surface area contributed by atoms with Crippen LogP contribution in [0.3, 0.4) is 0 Å². The smallest absolute Gasteiger partial charge is 0.252 e. The third-order valence-corrected chi connectivity index (χ3v) is 3.66. The molecule has 1 saturated heterocycles. The van der Waals surface area contributed by atoms with Gasteiger partial charge in [-0.05, 0) is 24.3 Å². The average molecular weight is 283 g/mol. The van der Waals surface area contributed by atoms with Gasteiger partial charge >= 0.3 is 0 Å². The van der Waals surface area contributed by atoms with Gasteiger partial charge in [-0.1, -0.05) is 0 Å². The van der Waals surface area contributed by atoms with Crippen molar-refractivity contribution in [3.05, 3.63) is 48.4 Å². The zero-order valence-corrected chi connectivity index (χ0v) is 11.6. The Kier molecular flexibility index (Phi) is 3.68. The molecule has 3 heterocycles. The van der Waals surface area contributed by atoms with Gasteiger partial charge in [-0.15, -0.1) is 0 Å². The van der Waals surface area contributed by atoms with Crippen molar-refractivity contribution in [2.24, 2.45) is 5.73 Å². The van der Waals surface area contributed by atoms with E-state index in [1.165, 1.54) is 5.69 Å². The van der Waals surface area contributed by atoms with Gasteiger partial charge in [0.15, 0.2) is 0 Å². The van der Waals surface area contributed by atoms with Crippen LogP contribution in [0.5, 0.6) is 0 Å². The van der Waals surface area contributed by atoms with E-state index in [-0.39, 0.29) is 0 Å². The fourth-order valence-corrected chi connectivity index (χ4v) is 2.57. The number of carbonyl (C=O) groups excluding carboxylic acids is 1. The number of nitrogens with zero attached hydrogens (tertiary/aromatic N) is 4. The molecule has 0 saturated carbocycles. The van der Waals surface area contributed by atoms with Crippen LogP contribution in [0.15, 0.2) is 42.9 Å². The second kappa shape index (κ2) is 5.78. The maximum absolute atomic E-state index is 11.5. The lowest BCUT2D eigenvalue weighted by atomic mass is 10.2. The van der Waals surface area contributed by atoms with Crippen molar-refractivity contribution < 1.29 is 4.79 Å². The van der Waals surface area contributed by atoms with Crippen LogP contribution in [-0.4, -0.2) is 42.1 Å². The van der Waals surface area contributed by atoms with Crippen LogP contribution in [0.2, 0.25) is 0 Å². The molecule has 1 aliphatic rings. The number of hydrogen-bond acceptors (Lipinski definition) is 5. The lowest BCUT2D eigenvalue weighted by molar-refractivity contribution is 0.100. The Balaban J connectivity index is 1.73. The van der Waals surface area contributed by atoms with E-state index in [0.29, 0.717) is 11.4 Å². The predicted octanol–water partition coefficient (Wildman–Crippen LogP) is 0.902. The summed E-state index contributed by atoms with van der Waals surface area (Å²) in [6.07, 6.45) is 5.29. The Morgan fingerprint density at radius 2 is 1.67 bits per heavy atom. The third kappa shape index (κ3) is 2.79. The Morgan fingerprint density at radius 3 is 2.33 bits per heavy atom. The summed E-state index contributed by atoms with van der Waals surface area (Å²) in [4.78, 5) is 24.2. The van der Waals surface area contributed by atoms with Crippen LogP contribution in [0, 0.1) is 0 Å². The molecule has 108 valence electrons. The van der Waals surface area contributed by atoms with Crippen LogP contribution < -0.4 is 15.5 Å². The number of nitrogens with two attached hydrogens (primary N) is 1. The van der Waals surface area contributed by atoms with Crippen LogP contribution >= 0.6 is 0 Å². The van der Waals surface area contributed by atoms with Gasteiger partial charge < -0.3 is 15.5 Å². The summed E-state index contributed by atoms with van der Waals surface area (Å²) in [7, 11) is 0. The van der Waals surface area contributed by atoms with Gasteiger partial charge in [0.25, 0.3) is 5.91 Å². The zero-order chi connectivity index (χ0) is 14.7. The highest BCUT2D eigenvalue weighted by Gasteiger charge is 2.21. The molecule has 0 aliphatic carbocycles.